The Morgan fingerprint density at radius 3 is 2.59 bits per heavy atom. The second-order valence-electron chi connectivity index (χ2n) is 4.17. The highest BCUT2D eigenvalue weighted by molar-refractivity contribution is 6.09. The summed E-state index contributed by atoms with van der Waals surface area (Å²) in [6, 6.07) is 3.17. The number of carbonyl (C=O) groups is 1. The third-order valence-electron chi connectivity index (χ3n) is 2.63. The van der Waals surface area contributed by atoms with Gasteiger partial charge < -0.3 is 0 Å². The summed E-state index contributed by atoms with van der Waals surface area (Å²) in [6.07, 6.45) is 3.03. The maximum atomic E-state index is 13.8. The number of carbonyl (C=O) groups excluding carboxylic acids is 1. The van der Waals surface area contributed by atoms with Gasteiger partial charge in [-0.1, -0.05) is 6.07 Å². The standard InChI is InChI=1S/C13H13FN2O/c1-8-4-9(2)12(11(14)5-8)13(17)10-6-15-16(3)7-10/h4-7H,1-3H3. The van der Waals surface area contributed by atoms with Crippen molar-refractivity contribution < 1.29 is 9.18 Å². The van der Waals surface area contributed by atoms with E-state index in [4.69, 9.17) is 0 Å². The molecule has 1 heterocycles. The van der Waals surface area contributed by atoms with Crippen LogP contribution in [-0.2, 0) is 7.05 Å². The highest BCUT2D eigenvalue weighted by Gasteiger charge is 2.18. The number of ketones is 1. The lowest BCUT2D eigenvalue weighted by molar-refractivity contribution is 0.103. The zero-order chi connectivity index (χ0) is 12.6. The van der Waals surface area contributed by atoms with Crippen molar-refractivity contribution in [2.45, 2.75) is 13.8 Å². The molecule has 2 rings (SSSR count). The van der Waals surface area contributed by atoms with Crippen LogP contribution in [0.2, 0.25) is 0 Å². The van der Waals surface area contributed by atoms with Crippen molar-refractivity contribution in [3.05, 3.63) is 52.6 Å². The van der Waals surface area contributed by atoms with E-state index >= 15 is 0 Å². The first kappa shape index (κ1) is 11.5. The molecule has 0 N–H and O–H groups in total. The van der Waals surface area contributed by atoms with Gasteiger partial charge in [0.1, 0.15) is 5.82 Å². The van der Waals surface area contributed by atoms with Crippen LogP contribution in [0, 0.1) is 19.7 Å². The minimum atomic E-state index is -0.476. The minimum absolute atomic E-state index is 0.128. The number of benzene rings is 1. The third kappa shape index (κ3) is 2.11. The maximum Gasteiger partial charge on any atom is 0.199 e. The van der Waals surface area contributed by atoms with E-state index in [1.807, 2.05) is 0 Å². The van der Waals surface area contributed by atoms with Crippen LogP contribution in [0.25, 0.3) is 0 Å². The Kier molecular flexibility index (Phi) is 2.79. The zero-order valence-corrected chi connectivity index (χ0v) is 9.99. The van der Waals surface area contributed by atoms with Gasteiger partial charge in [-0.05, 0) is 31.0 Å². The molecular formula is C13H13FN2O. The fourth-order valence-electron chi connectivity index (χ4n) is 1.89. The largest absolute Gasteiger partial charge is 0.288 e. The lowest BCUT2D eigenvalue weighted by atomic mass is 9.98. The van der Waals surface area contributed by atoms with Gasteiger partial charge in [0.2, 0.25) is 0 Å². The highest BCUT2D eigenvalue weighted by atomic mass is 19.1. The smallest absolute Gasteiger partial charge is 0.199 e. The van der Waals surface area contributed by atoms with E-state index in [9.17, 15) is 9.18 Å². The van der Waals surface area contributed by atoms with Crippen LogP contribution in [0.15, 0.2) is 24.5 Å². The van der Waals surface area contributed by atoms with Crippen LogP contribution in [0.1, 0.15) is 27.0 Å². The summed E-state index contributed by atoms with van der Waals surface area (Å²) >= 11 is 0. The number of hydrogen-bond donors (Lipinski definition) is 0. The van der Waals surface area contributed by atoms with Crippen molar-refractivity contribution in [2.75, 3.05) is 0 Å². The second-order valence-corrected chi connectivity index (χ2v) is 4.17. The number of nitrogens with zero attached hydrogens (tertiary/aromatic N) is 2. The number of halogens is 1. The van der Waals surface area contributed by atoms with Gasteiger partial charge in [-0.2, -0.15) is 5.10 Å². The molecule has 0 spiro atoms. The third-order valence-corrected chi connectivity index (χ3v) is 2.63. The Bertz CT molecular complexity index is 564. The molecule has 2 aromatic rings. The minimum Gasteiger partial charge on any atom is -0.288 e. The van der Waals surface area contributed by atoms with Crippen molar-refractivity contribution in [1.82, 2.24) is 9.78 Å². The Labute approximate surface area is 98.9 Å². The molecule has 1 aromatic heterocycles. The summed E-state index contributed by atoms with van der Waals surface area (Å²) in [7, 11) is 1.72. The van der Waals surface area contributed by atoms with Crippen LogP contribution in [0.4, 0.5) is 4.39 Å². The van der Waals surface area contributed by atoms with Crippen molar-refractivity contribution in [3.8, 4) is 0 Å². The average Bonchev–Trinajstić information content (AvgIpc) is 2.63. The summed E-state index contributed by atoms with van der Waals surface area (Å²) in [5.74, 6) is -0.801. The molecule has 0 aliphatic heterocycles. The molecule has 0 aliphatic carbocycles. The van der Waals surface area contributed by atoms with E-state index in [1.165, 1.54) is 16.9 Å². The van der Waals surface area contributed by atoms with Crippen molar-refractivity contribution in [2.24, 2.45) is 7.05 Å². The van der Waals surface area contributed by atoms with Crippen molar-refractivity contribution in [1.29, 1.82) is 0 Å². The molecule has 17 heavy (non-hydrogen) atoms. The molecule has 4 heteroatoms. The van der Waals surface area contributed by atoms with Gasteiger partial charge in [-0.25, -0.2) is 4.39 Å². The molecule has 88 valence electrons. The van der Waals surface area contributed by atoms with Gasteiger partial charge in [0, 0.05) is 13.2 Å². The Hall–Kier alpha value is -1.97. The fraction of sp³-hybridized carbons (Fsp3) is 0.231. The predicted molar refractivity (Wildman–Crippen MR) is 62.5 cm³/mol. The van der Waals surface area contributed by atoms with Crippen LogP contribution in [-0.4, -0.2) is 15.6 Å². The van der Waals surface area contributed by atoms with E-state index in [1.54, 1.807) is 33.2 Å². The van der Waals surface area contributed by atoms with Gasteiger partial charge >= 0.3 is 0 Å². The van der Waals surface area contributed by atoms with Crippen LogP contribution in [0.5, 0.6) is 0 Å². The molecule has 0 bridgehead atoms. The monoisotopic (exact) mass is 232 g/mol. The molecule has 0 fully saturated rings. The molecule has 0 unspecified atom stereocenters. The van der Waals surface area contributed by atoms with Crippen molar-refractivity contribution >= 4 is 5.78 Å². The number of rotatable bonds is 2. The van der Waals surface area contributed by atoms with Gasteiger partial charge in [0.15, 0.2) is 5.78 Å². The molecule has 1 aromatic carbocycles. The van der Waals surface area contributed by atoms with E-state index in [2.05, 4.69) is 5.10 Å². The Morgan fingerprint density at radius 2 is 2.06 bits per heavy atom. The summed E-state index contributed by atoms with van der Waals surface area (Å²) in [5.41, 5.74) is 1.99. The summed E-state index contributed by atoms with van der Waals surface area (Å²) in [6.45, 7) is 3.54. The van der Waals surface area contributed by atoms with Gasteiger partial charge in [-0.15, -0.1) is 0 Å². The summed E-state index contributed by atoms with van der Waals surface area (Å²) in [5, 5.41) is 3.91. The van der Waals surface area contributed by atoms with Gasteiger partial charge in [-0.3, -0.25) is 9.48 Å². The van der Waals surface area contributed by atoms with Gasteiger partial charge in [0.05, 0.1) is 17.3 Å². The van der Waals surface area contributed by atoms with Crippen LogP contribution in [0.3, 0.4) is 0 Å². The van der Waals surface area contributed by atoms with E-state index in [0.29, 0.717) is 11.1 Å². The molecule has 0 saturated carbocycles. The Balaban J connectivity index is 2.51. The molecule has 0 amide bonds. The van der Waals surface area contributed by atoms with Gasteiger partial charge in [0.25, 0.3) is 0 Å². The SMILES string of the molecule is Cc1cc(C)c(C(=O)c2cnn(C)c2)c(F)c1. The number of aryl methyl sites for hydroxylation is 3. The van der Waals surface area contributed by atoms with Crippen LogP contribution >= 0.6 is 0 Å². The van der Waals surface area contributed by atoms with E-state index < -0.39 is 5.82 Å². The highest BCUT2D eigenvalue weighted by Crippen LogP contribution is 2.19. The lowest BCUT2D eigenvalue weighted by Gasteiger charge is -2.06. The normalized spacial score (nSPS) is 10.6. The maximum absolute atomic E-state index is 13.8. The van der Waals surface area contributed by atoms with Crippen molar-refractivity contribution in [3.63, 3.8) is 0 Å². The number of hydrogen-bond acceptors (Lipinski definition) is 2. The first-order chi connectivity index (χ1) is 7.99. The molecule has 0 radical (unpaired) electrons. The second kappa shape index (κ2) is 4.13. The van der Waals surface area contributed by atoms with E-state index in [0.717, 1.165) is 5.56 Å². The molecule has 3 nitrogen and oxygen atoms in total. The topological polar surface area (TPSA) is 34.9 Å². The Morgan fingerprint density at radius 1 is 1.35 bits per heavy atom. The fourth-order valence-corrected chi connectivity index (χ4v) is 1.89. The molecule has 0 saturated heterocycles. The predicted octanol–water partition coefficient (Wildman–Crippen LogP) is 2.41. The first-order valence-electron chi connectivity index (χ1n) is 5.29. The number of aromatic nitrogens is 2. The quantitative estimate of drug-likeness (QED) is 0.745. The van der Waals surface area contributed by atoms with Crippen LogP contribution < -0.4 is 0 Å². The molecule has 0 aliphatic rings. The lowest BCUT2D eigenvalue weighted by Crippen LogP contribution is -2.06. The summed E-state index contributed by atoms with van der Waals surface area (Å²) < 4.78 is 15.3. The first-order valence-corrected chi connectivity index (χ1v) is 5.29. The van der Waals surface area contributed by atoms with E-state index in [-0.39, 0.29) is 11.3 Å². The molecular weight excluding hydrogens is 219 g/mol. The summed E-state index contributed by atoms with van der Waals surface area (Å²) in [4.78, 5) is 12.1. The average molecular weight is 232 g/mol. The molecule has 0 atom stereocenters. The zero-order valence-electron chi connectivity index (χ0n) is 9.99.